The van der Waals surface area contributed by atoms with Crippen molar-refractivity contribution in [3.8, 4) is 11.5 Å². The van der Waals surface area contributed by atoms with Crippen molar-refractivity contribution in [2.24, 2.45) is 4.99 Å². The van der Waals surface area contributed by atoms with Crippen molar-refractivity contribution >= 4 is 27.8 Å². The largest absolute Gasteiger partial charge is 0.454 e. The molecule has 3 aromatic rings. The predicted molar refractivity (Wildman–Crippen MR) is 111 cm³/mol. The van der Waals surface area contributed by atoms with E-state index < -0.39 is 0 Å². The summed E-state index contributed by atoms with van der Waals surface area (Å²) in [6, 6.07) is 10.2. The molecule has 8 heteroatoms. The van der Waals surface area contributed by atoms with E-state index in [0.717, 1.165) is 51.2 Å². The lowest BCUT2D eigenvalue weighted by atomic mass is 10.1. The normalized spacial score (nSPS) is 16.4. The Kier molecular flexibility index (Phi) is 4.95. The van der Waals surface area contributed by atoms with Crippen LogP contribution in [0.25, 0.3) is 10.9 Å². The molecule has 0 amide bonds. The van der Waals surface area contributed by atoms with Gasteiger partial charge in [-0.25, -0.2) is 4.98 Å². The van der Waals surface area contributed by atoms with Crippen molar-refractivity contribution < 1.29 is 14.2 Å². The Bertz CT molecular complexity index is 1070. The van der Waals surface area contributed by atoms with Gasteiger partial charge in [-0.3, -0.25) is 9.98 Å². The summed E-state index contributed by atoms with van der Waals surface area (Å²) >= 11 is 1.60. The zero-order valence-electron chi connectivity index (χ0n) is 16.0. The van der Waals surface area contributed by atoms with Crippen molar-refractivity contribution in [2.75, 3.05) is 27.1 Å². The Morgan fingerprint density at radius 2 is 2.14 bits per heavy atom. The van der Waals surface area contributed by atoms with E-state index in [0.29, 0.717) is 13.2 Å². The molecule has 0 unspecified atom stereocenters. The lowest BCUT2D eigenvalue weighted by Crippen LogP contribution is -2.32. The average Bonchev–Trinajstić information content (AvgIpc) is 3.19. The molecule has 0 aliphatic carbocycles. The quantitative estimate of drug-likeness (QED) is 0.599. The number of nitrogens with zero attached hydrogens (tertiary/aromatic N) is 4. The highest BCUT2D eigenvalue weighted by molar-refractivity contribution is 8.13. The Hall–Kier alpha value is -2.84. The number of rotatable bonds is 5. The Morgan fingerprint density at radius 1 is 1.24 bits per heavy atom. The summed E-state index contributed by atoms with van der Waals surface area (Å²) in [5.74, 6) is 1.52. The maximum Gasteiger partial charge on any atom is 0.231 e. The van der Waals surface area contributed by atoms with E-state index in [1.165, 1.54) is 5.56 Å². The van der Waals surface area contributed by atoms with E-state index in [1.54, 1.807) is 25.1 Å². The van der Waals surface area contributed by atoms with E-state index >= 15 is 0 Å². The molecule has 0 saturated carbocycles. The van der Waals surface area contributed by atoms with Gasteiger partial charge < -0.3 is 19.1 Å². The maximum absolute atomic E-state index is 5.52. The number of aromatic nitrogens is 2. The van der Waals surface area contributed by atoms with Crippen molar-refractivity contribution in [2.45, 2.75) is 18.1 Å². The van der Waals surface area contributed by atoms with E-state index in [1.807, 2.05) is 24.4 Å². The van der Waals surface area contributed by atoms with Crippen molar-refractivity contribution in [3.05, 3.63) is 53.9 Å². The van der Waals surface area contributed by atoms with Crippen LogP contribution in [0, 0.1) is 0 Å². The molecule has 2 aliphatic rings. The molecule has 0 N–H and O–H groups in total. The van der Waals surface area contributed by atoms with Gasteiger partial charge in [0, 0.05) is 49.6 Å². The van der Waals surface area contributed by atoms with E-state index in [-0.39, 0.29) is 6.79 Å². The van der Waals surface area contributed by atoms with Crippen LogP contribution >= 0.6 is 11.8 Å². The summed E-state index contributed by atoms with van der Waals surface area (Å²) in [6.45, 7) is 2.94. The second-order valence-corrected chi connectivity index (χ2v) is 7.78. The first-order chi connectivity index (χ1) is 14.3. The molecule has 0 radical (unpaired) electrons. The van der Waals surface area contributed by atoms with Gasteiger partial charge in [0.15, 0.2) is 16.7 Å². The summed E-state index contributed by atoms with van der Waals surface area (Å²) < 4.78 is 16.2. The van der Waals surface area contributed by atoms with Crippen LogP contribution in [0.15, 0.2) is 52.7 Å². The second kappa shape index (κ2) is 7.88. The molecule has 5 rings (SSSR count). The molecule has 0 bridgehead atoms. The second-order valence-electron chi connectivity index (χ2n) is 6.83. The molecule has 2 aliphatic heterocycles. The highest BCUT2D eigenvalue weighted by atomic mass is 32.2. The monoisotopic (exact) mass is 408 g/mol. The Morgan fingerprint density at radius 3 is 2.97 bits per heavy atom. The Balaban J connectivity index is 1.50. The third kappa shape index (κ3) is 3.73. The minimum Gasteiger partial charge on any atom is -0.454 e. The number of pyridine rings is 2. The average molecular weight is 408 g/mol. The number of benzene rings is 1. The molecule has 0 saturated heterocycles. The highest BCUT2D eigenvalue weighted by Crippen LogP contribution is 2.39. The predicted octanol–water partition coefficient (Wildman–Crippen LogP) is 3.47. The fourth-order valence-corrected chi connectivity index (χ4v) is 4.40. The SMILES string of the molecule is COCCN=C1Sc2nc3cc4c(cc3cc2CN1Cc1cccnc1)OCO4. The van der Waals surface area contributed by atoms with Gasteiger partial charge in [-0.15, -0.1) is 0 Å². The molecule has 1 aromatic carbocycles. The third-order valence-electron chi connectivity index (χ3n) is 4.81. The van der Waals surface area contributed by atoms with Crippen molar-refractivity contribution in [3.63, 3.8) is 0 Å². The van der Waals surface area contributed by atoms with Crippen molar-refractivity contribution in [1.29, 1.82) is 0 Å². The number of aliphatic imine (C=N–C) groups is 1. The van der Waals surface area contributed by atoms with Gasteiger partial charge >= 0.3 is 0 Å². The van der Waals surface area contributed by atoms with Gasteiger partial charge in [0.05, 0.1) is 18.7 Å². The fraction of sp³-hybridized carbons (Fsp3) is 0.286. The molecule has 4 heterocycles. The third-order valence-corrected chi connectivity index (χ3v) is 5.92. The molecule has 2 aromatic heterocycles. The molecule has 0 spiro atoms. The van der Waals surface area contributed by atoms with Gasteiger partial charge in [0.25, 0.3) is 0 Å². The van der Waals surface area contributed by atoms with E-state index in [9.17, 15) is 0 Å². The van der Waals surface area contributed by atoms with Crippen LogP contribution in [-0.2, 0) is 17.8 Å². The lowest BCUT2D eigenvalue weighted by Gasteiger charge is -2.31. The number of ether oxygens (including phenoxy) is 3. The van der Waals surface area contributed by atoms with E-state index in [4.69, 9.17) is 24.2 Å². The van der Waals surface area contributed by atoms with Crippen LogP contribution in [0.4, 0.5) is 0 Å². The summed E-state index contributed by atoms with van der Waals surface area (Å²) in [5.41, 5.74) is 3.22. The highest BCUT2D eigenvalue weighted by Gasteiger charge is 2.25. The summed E-state index contributed by atoms with van der Waals surface area (Å²) in [6.07, 6.45) is 3.68. The molecule has 0 fully saturated rings. The first kappa shape index (κ1) is 18.2. The van der Waals surface area contributed by atoms with Gasteiger partial charge in [-0.2, -0.15) is 0 Å². The van der Waals surface area contributed by atoms with Crippen LogP contribution in [0.1, 0.15) is 11.1 Å². The van der Waals surface area contributed by atoms with E-state index in [2.05, 4.69) is 22.0 Å². The number of hydrogen-bond acceptors (Lipinski definition) is 7. The fourth-order valence-electron chi connectivity index (χ4n) is 3.42. The smallest absolute Gasteiger partial charge is 0.231 e. The summed E-state index contributed by atoms with van der Waals surface area (Å²) in [5, 5.41) is 2.98. The zero-order valence-corrected chi connectivity index (χ0v) is 16.8. The Labute approximate surface area is 172 Å². The van der Waals surface area contributed by atoms with Crippen LogP contribution in [0.3, 0.4) is 0 Å². The number of thioether (sulfide) groups is 1. The molecular formula is C21H20N4O3S. The minimum atomic E-state index is 0.259. The lowest BCUT2D eigenvalue weighted by molar-refractivity contribution is 0.174. The first-order valence-electron chi connectivity index (χ1n) is 9.38. The van der Waals surface area contributed by atoms with Gasteiger partial charge in [0.1, 0.15) is 5.03 Å². The molecule has 148 valence electrons. The number of hydrogen-bond donors (Lipinski definition) is 0. The van der Waals surface area contributed by atoms with Crippen LogP contribution < -0.4 is 9.47 Å². The van der Waals surface area contributed by atoms with Gasteiger partial charge in [-0.05, 0) is 35.5 Å². The molecule has 7 nitrogen and oxygen atoms in total. The molecule has 0 atom stereocenters. The van der Waals surface area contributed by atoms with Gasteiger partial charge in [-0.1, -0.05) is 6.07 Å². The maximum atomic E-state index is 5.52. The standard InChI is InChI=1S/C21H20N4O3S/c1-26-6-5-23-21-25(11-14-3-2-4-22-10-14)12-16-7-15-8-18-19(28-13-27-18)9-17(15)24-20(16)29-21/h2-4,7-10H,5-6,11-13H2,1H3. The minimum absolute atomic E-state index is 0.259. The van der Waals surface area contributed by atoms with Gasteiger partial charge in [0.2, 0.25) is 6.79 Å². The summed E-state index contributed by atoms with van der Waals surface area (Å²) in [4.78, 5) is 16.2. The first-order valence-corrected chi connectivity index (χ1v) is 10.2. The number of methoxy groups -OCH3 is 1. The zero-order chi connectivity index (χ0) is 19.6. The number of fused-ring (bicyclic) bond motifs is 3. The summed E-state index contributed by atoms with van der Waals surface area (Å²) in [7, 11) is 1.69. The van der Waals surface area contributed by atoms with Crippen LogP contribution in [0.2, 0.25) is 0 Å². The molecular weight excluding hydrogens is 388 g/mol. The van der Waals surface area contributed by atoms with Crippen molar-refractivity contribution in [1.82, 2.24) is 14.9 Å². The number of amidine groups is 1. The van der Waals surface area contributed by atoms with Crippen LogP contribution in [-0.4, -0.2) is 47.1 Å². The van der Waals surface area contributed by atoms with Crippen LogP contribution in [0.5, 0.6) is 11.5 Å². The topological polar surface area (TPSA) is 69.1 Å². The molecule has 29 heavy (non-hydrogen) atoms.